The molecule has 1 N–H and O–H groups in total. The summed E-state index contributed by atoms with van der Waals surface area (Å²) in [7, 11) is 0. The highest BCUT2D eigenvalue weighted by Crippen LogP contribution is 2.31. The second-order valence-electron chi connectivity index (χ2n) is 7.42. The monoisotopic (exact) mass is 432 g/mol. The molecule has 3 aromatic rings. The van der Waals surface area contributed by atoms with E-state index in [0.717, 1.165) is 23.5 Å². The normalized spacial score (nSPS) is 13.8. The molecule has 0 spiro atoms. The van der Waals surface area contributed by atoms with Crippen LogP contribution in [0.3, 0.4) is 0 Å². The summed E-state index contributed by atoms with van der Waals surface area (Å²) in [6, 6.07) is 7.15. The van der Waals surface area contributed by atoms with Crippen LogP contribution in [-0.2, 0) is 17.9 Å². The van der Waals surface area contributed by atoms with Crippen molar-refractivity contribution in [2.45, 2.75) is 39.3 Å². The highest BCUT2D eigenvalue weighted by atomic mass is 35.5. The standard InChI is InChI=1S/C21H22Cl2N4O2/c1-2-26-18-9-15(14-7-16(22)10-17(23)8-14)11-25-20(18)27(21(26)29)12-19(28)24-6-5-13-3-4-13/h7-11,13H,2-6,12H2,1H3,(H,24,28). The van der Waals surface area contributed by atoms with Crippen LogP contribution < -0.4 is 11.0 Å². The van der Waals surface area contributed by atoms with Crippen molar-refractivity contribution in [3.05, 3.63) is 51.0 Å². The smallest absolute Gasteiger partial charge is 0.330 e. The number of fused-ring (bicyclic) bond motifs is 1. The first-order chi connectivity index (χ1) is 14.0. The minimum Gasteiger partial charge on any atom is -0.355 e. The van der Waals surface area contributed by atoms with E-state index in [2.05, 4.69) is 10.3 Å². The number of hydrogen-bond donors (Lipinski definition) is 1. The van der Waals surface area contributed by atoms with E-state index < -0.39 is 0 Å². The Morgan fingerprint density at radius 3 is 2.52 bits per heavy atom. The van der Waals surface area contributed by atoms with Gasteiger partial charge in [-0.3, -0.25) is 13.9 Å². The second kappa shape index (κ2) is 8.20. The first kappa shape index (κ1) is 20.0. The predicted molar refractivity (Wildman–Crippen MR) is 115 cm³/mol. The van der Waals surface area contributed by atoms with Crippen molar-refractivity contribution in [1.29, 1.82) is 0 Å². The van der Waals surface area contributed by atoms with Crippen LogP contribution in [0, 0.1) is 5.92 Å². The number of rotatable bonds is 7. The van der Waals surface area contributed by atoms with Crippen LogP contribution >= 0.6 is 23.2 Å². The van der Waals surface area contributed by atoms with E-state index in [1.54, 1.807) is 29.0 Å². The molecule has 8 heteroatoms. The number of carbonyl (C=O) groups is 1. The number of imidazole rings is 1. The molecular weight excluding hydrogens is 411 g/mol. The summed E-state index contributed by atoms with van der Waals surface area (Å²) in [6.07, 6.45) is 5.18. The number of amides is 1. The maximum atomic E-state index is 12.9. The van der Waals surface area contributed by atoms with E-state index in [4.69, 9.17) is 23.2 Å². The molecular formula is C21H22Cl2N4O2. The number of aromatic nitrogens is 3. The maximum Gasteiger partial charge on any atom is 0.330 e. The first-order valence-corrected chi connectivity index (χ1v) is 10.5. The van der Waals surface area contributed by atoms with E-state index in [1.165, 1.54) is 17.4 Å². The molecule has 2 heterocycles. The lowest BCUT2D eigenvalue weighted by Crippen LogP contribution is -2.33. The Morgan fingerprint density at radius 2 is 1.86 bits per heavy atom. The topological polar surface area (TPSA) is 68.9 Å². The Labute approximate surface area is 178 Å². The maximum absolute atomic E-state index is 12.9. The molecule has 2 aromatic heterocycles. The fourth-order valence-corrected chi connectivity index (χ4v) is 4.07. The highest BCUT2D eigenvalue weighted by Gasteiger charge is 2.21. The summed E-state index contributed by atoms with van der Waals surface area (Å²) >= 11 is 12.2. The lowest BCUT2D eigenvalue weighted by Gasteiger charge is -2.06. The lowest BCUT2D eigenvalue weighted by molar-refractivity contribution is -0.121. The van der Waals surface area contributed by atoms with Gasteiger partial charge in [-0.1, -0.05) is 36.0 Å². The van der Waals surface area contributed by atoms with E-state index in [-0.39, 0.29) is 18.1 Å². The van der Waals surface area contributed by atoms with Crippen molar-refractivity contribution in [3.63, 3.8) is 0 Å². The van der Waals surface area contributed by atoms with Gasteiger partial charge >= 0.3 is 5.69 Å². The van der Waals surface area contributed by atoms with E-state index in [9.17, 15) is 9.59 Å². The molecule has 1 aromatic carbocycles. The summed E-state index contributed by atoms with van der Waals surface area (Å²) in [5.74, 6) is 0.579. The zero-order chi connectivity index (χ0) is 20.5. The van der Waals surface area contributed by atoms with Gasteiger partial charge in [0, 0.05) is 34.9 Å². The van der Waals surface area contributed by atoms with Crippen LogP contribution in [0.15, 0.2) is 35.3 Å². The van der Waals surface area contributed by atoms with E-state index >= 15 is 0 Å². The third-order valence-electron chi connectivity index (χ3n) is 5.24. The average Bonchev–Trinajstić information content (AvgIpc) is 3.46. The van der Waals surface area contributed by atoms with Crippen LogP contribution in [0.5, 0.6) is 0 Å². The number of benzene rings is 1. The minimum absolute atomic E-state index is 0.0393. The third kappa shape index (κ3) is 4.33. The van der Waals surface area contributed by atoms with Gasteiger partial charge in [-0.2, -0.15) is 0 Å². The summed E-state index contributed by atoms with van der Waals surface area (Å²) in [5.41, 5.74) is 2.55. The van der Waals surface area contributed by atoms with Crippen molar-refractivity contribution < 1.29 is 4.79 Å². The number of halogens is 2. The van der Waals surface area contributed by atoms with Gasteiger partial charge in [0.05, 0.1) is 5.52 Å². The Bertz CT molecular complexity index is 1110. The lowest BCUT2D eigenvalue weighted by atomic mass is 10.1. The fraction of sp³-hybridized carbons (Fsp3) is 0.381. The quantitative estimate of drug-likeness (QED) is 0.610. The first-order valence-electron chi connectivity index (χ1n) is 9.78. The Kier molecular flexibility index (Phi) is 5.65. The third-order valence-corrected chi connectivity index (χ3v) is 5.68. The van der Waals surface area contributed by atoms with Crippen molar-refractivity contribution in [3.8, 4) is 11.1 Å². The fourth-order valence-electron chi connectivity index (χ4n) is 3.54. The molecule has 29 heavy (non-hydrogen) atoms. The van der Waals surface area contributed by atoms with Gasteiger partial charge in [0.1, 0.15) is 6.54 Å². The van der Waals surface area contributed by atoms with Crippen molar-refractivity contribution in [1.82, 2.24) is 19.4 Å². The number of nitrogens with one attached hydrogen (secondary N) is 1. The molecule has 0 aliphatic heterocycles. The molecule has 0 atom stereocenters. The molecule has 6 nitrogen and oxygen atoms in total. The van der Waals surface area contributed by atoms with Gasteiger partial charge in [0.25, 0.3) is 0 Å². The van der Waals surface area contributed by atoms with E-state index in [1.807, 2.05) is 13.0 Å². The molecule has 1 saturated carbocycles. The molecule has 1 fully saturated rings. The summed E-state index contributed by atoms with van der Waals surface area (Å²) in [4.78, 5) is 29.7. The van der Waals surface area contributed by atoms with Gasteiger partial charge in [-0.25, -0.2) is 9.78 Å². The zero-order valence-corrected chi connectivity index (χ0v) is 17.6. The van der Waals surface area contributed by atoms with E-state index in [0.29, 0.717) is 34.3 Å². The number of aryl methyl sites for hydroxylation is 1. The Balaban J connectivity index is 1.66. The number of nitrogens with zero attached hydrogens (tertiary/aromatic N) is 3. The SMILES string of the molecule is CCn1c(=O)n(CC(=O)NCCC2CC2)c2ncc(-c3cc(Cl)cc(Cl)c3)cc21. The summed E-state index contributed by atoms with van der Waals surface area (Å²) in [5, 5.41) is 3.96. The molecule has 152 valence electrons. The second-order valence-corrected chi connectivity index (χ2v) is 8.29. The molecule has 0 bridgehead atoms. The molecule has 1 amide bonds. The molecule has 1 aliphatic carbocycles. The number of pyridine rings is 1. The zero-order valence-electron chi connectivity index (χ0n) is 16.1. The summed E-state index contributed by atoms with van der Waals surface area (Å²) < 4.78 is 3.05. The molecule has 0 saturated heterocycles. The van der Waals surface area contributed by atoms with Gasteiger partial charge in [-0.15, -0.1) is 0 Å². The van der Waals surface area contributed by atoms with Crippen molar-refractivity contribution in [2.24, 2.45) is 5.92 Å². The number of hydrogen-bond acceptors (Lipinski definition) is 3. The molecule has 4 rings (SSSR count). The van der Waals surface area contributed by atoms with Crippen molar-refractivity contribution >= 4 is 40.3 Å². The molecule has 0 unspecified atom stereocenters. The van der Waals surface area contributed by atoms with Crippen LogP contribution in [0.4, 0.5) is 0 Å². The summed E-state index contributed by atoms with van der Waals surface area (Å²) in [6.45, 7) is 2.98. The Hall–Kier alpha value is -2.31. The van der Waals surface area contributed by atoms with Crippen LogP contribution in [-0.4, -0.2) is 26.6 Å². The van der Waals surface area contributed by atoms with Gasteiger partial charge in [-0.05, 0) is 49.1 Å². The average molecular weight is 433 g/mol. The van der Waals surface area contributed by atoms with Gasteiger partial charge < -0.3 is 5.32 Å². The molecule has 0 radical (unpaired) electrons. The van der Waals surface area contributed by atoms with Gasteiger partial charge in [0.2, 0.25) is 5.91 Å². The Morgan fingerprint density at radius 1 is 1.14 bits per heavy atom. The van der Waals surface area contributed by atoms with Gasteiger partial charge in [0.15, 0.2) is 5.65 Å². The minimum atomic E-state index is -0.242. The molecule has 1 aliphatic rings. The highest BCUT2D eigenvalue weighted by molar-refractivity contribution is 6.35. The van der Waals surface area contributed by atoms with Crippen LogP contribution in [0.2, 0.25) is 10.0 Å². The van der Waals surface area contributed by atoms with Crippen molar-refractivity contribution in [2.75, 3.05) is 6.54 Å². The number of carbonyl (C=O) groups excluding carboxylic acids is 1. The van der Waals surface area contributed by atoms with Crippen LogP contribution in [0.25, 0.3) is 22.3 Å². The predicted octanol–water partition coefficient (Wildman–Crippen LogP) is 4.11. The van der Waals surface area contributed by atoms with Crippen LogP contribution in [0.1, 0.15) is 26.2 Å². The largest absolute Gasteiger partial charge is 0.355 e.